The molecule has 84 valence electrons. The molecule has 2 aromatic rings. The van der Waals surface area contributed by atoms with Crippen molar-refractivity contribution < 1.29 is 0 Å². The van der Waals surface area contributed by atoms with E-state index >= 15 is 0 Å². The number of nitrogens with zero attached hydrogens (tertiary/aromatic N) is 3. The van der Waals surface area contributed by atoms with E-state index in [0.29, 0.717) is 12.0 Å². The Balaban J connectivity index is 2.22. The Bertz CT molecular complexity index is 506. The summed E-state index contributed by atoms with van der Waals surface area (Å²) in [4.78, 5) is 4.36. The molecule has 0 spiro atoms. The minimum absolute atomic E-state index is 0.290. The van der Waals surface area contributed by atoms with Crippen molar-refractivity contribution in [2.75, 3.05) is 5.32 Å². The first kappa shape index (κ1) is 11.1. The molecule has 0 amide bonds. The quantitative estimate of drug-likeness (QED) is 0.876. The maximum atomic E-state index is 4.36. The zero-order valence-electron chi connectivity index (χ0n) is 9.02. The summed E-state index contributed by atoms with van der Waals surface area (Å²) in [6, 6.07) is 4.15. The third-order valence-corrected chi connectivity index (χ3v) is 2.66. The molecule has 0 aliphatic rings. The van der Waals surface area contributed by atoms with Gasteiger partial charge in [0.25, 0.3) is 0 Å². The molecule has 1 unspecified atom stereocenters. The van der Waals surface area contributed by atoms with Gasteiger partial charge in [-0.1, -0.05) is 6.08 Å². The number of anilines is 1. The molecule has 0 fully saturated rings. The molecule has 5 heteroatoms. The molecule has 16 heavy (non-hydrogen) atoms. The van der Waals surface area contributed by atoms with E-state index in [9.17, 15) is 0 Å². The molecule has 0 saturated carbocycles. The van der Waals surface area contributed by atoms with Gasteiger partial charge in [-0.05, 0) is 41.4 Å². The fourth-order valence-electron chi connectivity index (χ4n) is 1.45. The smallest absolute Gasteiger partial charge is 0.243 e. The fraction of sp³-hybridized carbons (Fsp3) is 0.273. The van der Waals surface area contributed by atoms with Crippen molar-refractivity contribution in [1.82, 2.24) is 14.6 Å². The molecule has 2 aromatic heterocycles. The van der Waals surface area contributed by atoms with Crippen LogP contribution in [0.25, 0.3) is 5.65 Å². The lowest BCUT2D eigenvalue weighted by atomic mass is 10.2. The molecule has 2 rings (SSSR count). The average molecular weight is 281 g/mol. The Morgan fingerprint density at radius 3 is 3.19 bits per heavy atom. The van der Waals surface area contributed by atoms with E-state index in [0.717, 1.165) is 16.5 Å². The molecule has 0 radical (unpaired) electrons. The number of hydrogen-bond donors (Lipinski definition) is 1. The van der Waals surface area contributed by atoms with Gasteiger partial charge < -0.3 is 5.32 Å². The van der Waals surface area contributed by atoms with Gasteiger partial charge in [0.15, 0.2) is 5.65 Å². The van der Waals surface area contributed by atoms with Crippen LogP contribution in [0.1, 0.15) is 13.3 Å². The van der Waals surface area contributed by atoms with Gasteiger partial charge >= 0.3 is 0 Å². The largest absolute Gasteiger partial charge is 0.350 e. The van der Waals surface area contributed by atoms with E-state index in [1.807, 2.05) is 24.4 Å². The topological polar surface area (TPSA) is 42.2 Å². The second-order valence-corrected chi connectivity index (χ2v) is 4.57. The molecule has 0 saturated heterocycles. The molecule has 0 aliphatic heterocycles. The van der Waals surface area contributed by atoms with Gasteiger partial charge in [-0.15, -0.1) is 11.7 Å². The summed E-state index contributed by atoms with van der Waals surface area (Å²) in [5.74, 6) is 0.646. The van der Waals surface area contributed by atoms with Crippen LogP contribution in [0.4, 0.5) is 5.95 Å². The number of pyridine rings is 1. The molecule has 0 bridgehead atoms. The van der Waals surface area contributed by atoms with Crippen molar-refractivity contribution >= 4 is 27.5 Å². The summed E-state index contributed by atoms with van der Waals surface area (Å²) in [6.07, 6.45) is 4.65. The van der Waals surface area contributed by atoms with Gasteiger partial charge in [0.2, 0.25) is 5.95 Å². The normalized spacial score (nSPS) is 12.6. The van der Waals surface area contributed by atoms with Crippen LogP contribution in [-0.4, -0.2) is 20.6 Å². The molecular formula is C11H13BrN4. The SMILES string of the molecule is C=CCC(C)Nc1nc2ccc(Br)cn2n1. The summed E-state index contributed by atoms with van der Waals surface area (Å²) < 4.78 is 2.73. The zero-order chi connectivity index (χ0) is 11.5. The standard InChI is InChI=1S/C11H13BrN4/c1-3-4-8(2)13-11-14-10-6-5-9(12)7-16(10)15-11/h3,5-8H,1,4H2,2H3,(H,13,15). The third-order valence-electron chi connectivity index (χ3n) is 2.19. The van der Waals surface area contributed by atoms with Crippen LogP contribution in [0.3, 0.4) is 0 Å². The zero-order valence-corrected chi connectivity index (χ0v) is 10.6. The van der Waals surface area contributed by atoms with Gasteiger partial charge in [-0.25, -0.2) is 4.52 Å². The number of halogens is 1. The summed E-state index contributed by atoms with van der Waals surface area (Å²) >= 11 is 3.40. The summed E-state index contributed by atoms with van der Waals surface area (Å²) in [6.45, 7) is 5.78. The van der Waals surface area contributed by atoms with E-state index in [-0.39, 0.29) is 0 Å². The molecule has 2 heterocycles. The number of nitrogens with one attached hydrogen (secondary N) is 1. The Hall–Kier alpha value is -1.36. The summed E-state index contributed by atoms with van der Waals surface area (Å²) in [5, 5.41) is 7.55. The Morgan fingerprint density at radius 1 is 1.62 bits per heavy atom. The molecule has 0 aliphatic carbocycles. The maximum absolute atomic E-state index is 4.36. The molecule has 1 N–H and O–H groups in total. The lowest BCUT2D eigenvalue weighted by molar-refractivity contribution is 0.796. The van der Waals surface area contributed by atoms with Crippen LogP contribution in [0.2, 0.25) is 0 Å². The van der Waals surface area contributed by atoms with Crippen molar-refractivity contribution in [2.24, 2.45) is 0 Å². The highest BCUT2D eigenvalue weighted by atomic mass is 79.9. The number of fused-ring (bicyclic) bond motifs is 1. The van der Waals surface area contributed by atoms with Gasteiger partial charge in [-0.2, -0.15) is 4.98 Å². The van der Waals surface area contributed by atoms with Gasteiger partial charge in [-0.3, -0.25) is 0 Å². The number of rotatable bonds is 4. The second-order valence-electron chi connectivity index (χ2n) is 3.66. The summed E-state index contributed by atoms with van der Waals surface area (Å²) in [7, 11) is 0. The monoisotopic (exact) mass is 280 g/mol. The van der Waals surface area contributed by atoms with Crippen molar-refractivity contribution in [3.05, 3.63) is 35.5 Å². The maximum Gasteiger partial charge on any atom is 0.243 e. The molecular weight excluding hydrogens is 268 g/mol. The van der Waals surface area contributed by atoms with Crippen molar-refractivity contribution in [3.63, 3.8) is 0 Å². The van der Waals surface area contributed by atoms with Crippen LogP contribution in [-0.2, 0) is 0 Å². The Morgan fingerprint density at radius 2 is 2.44 bits per heavy atom. The Kier molecular flexibility index (Phi) is 3.24. The first-order chi connectivity index (χ1) is 7.69. The van der Waals surface area contributed by atoms with Crippen molar-refractivity contribution in [1.29, 1.82) is 0 Å². The van der Waals surface area contributed by atoms with E-state index < -0.39 is 0 Å². The highest BCUT2D eigenvalue weighted by Gasteiger charge is 2.06. The predicted octanol–water partition coefficient (Wildman–Crippen LogP) is 2.87. The molecule has 1 atom stereocenters. The van der Waals surface area contributed by atoms with E-state index in [1.54, 1.807) is 4.52 Å². The predicted molar refractivity (Wildman–Crippen MR) is 68.6 cm³/mol. The highest BCUT2D eigenvalue weighted by molar-refractivity contribution is 9.10. The van der Waals surface area contributed by atoms with Crippen LogP contribution in [0.15, 0.2) is 35.5 Å². The van der Waals surface area contributed by atoms with Gasteiger partial charge in [0, 0.05) is 16.7 Å². The fourth-order valence-corrected chi connectivity index (χ4v) is 1.77. The first-order valence-corrected chi connectivity index (χ1v) is 5.87. The minimum atomic E-state index is 0.290. The number of hydrogen-bond acceptors (Lipinski definition) is 3. The Labute approximate surface area is 103 Å². The van der Waals surface area contributed by atoms with Crippen LogP contribution < -0.4 is 5.32 Å². The second kappa shape index (κ2) is 4.65. The first-order valence-electron chi connectivity index (χ1n) is 5.08. The molecule has 4 nitrogen and oxygen atoms in total. The van der Waals surface area contributed by atoms with Crippen molar-refractivity contribution in [3.8, 4) is 0 Å². The lowest BCUT2D eigenvalue weighted by Gasteiger charge is -2.08. The average Bonchev–Trinajstić information content (AvgIpc) is 2.59. The van der Waals surface area contributed by atoms with Crippen LogP contribution in [0.5, 0.6) is 0 Å². The van der Waals surface area contributed by atoms with E-state index in [2.05, 4.69) is 44.8 Å². The van der Waals surface area contributed by atoms with Gasteiger partial charge in [0.05, 0.1) is 0 Å². The molecule has 0 aromatic carbocycles. The minimum Gasteiger partial charge on any atom is -0.350 e. The van der Waals surface area contributed by atoms with E-state index in [1.165, 1.54) is 0 Å². The number of aromatic nitrogens is 3. The van der Waals surface area contributed by atoms with Crippen LogP contribution in [0, 0.1) is 0 Å². The highest BCUT2D eigenvalue weighted by Crippen LogP contribution is 2.12. The van der Waals surface area contributed by atoms with Crippen LogP contribution >= 0.6 is 15.9 Å². The van der Waals surface area contributed by atoms with Crippen molar-refractivity contribution in [2.45, 2.75) is 19.4 Å². The van der Waals surface area contributed by atoms with E-state index in [4.69, 9.17) is 0 Å². The van der Waals surface area contributed by atoms with Gasteiger partial charge in [0.1, 0.15) is 0 Å². The lowest BCUT2D eigenvalue weighted by Crippen LogP contribution is -2.14. The third kappa shape index (κ3) is 2.41. The summed E-state index contributed by atoms with van der Waals surface area (Å²) in [5.41, 5.74) is 0.830.